The zero-order chi connectivity index (χ0) is 35.5. The Hall–Kier alpha value is -1.14. The molecule has 0 radical (unpaired) electrons. The standard InChI is InChI=1S/C43H84N2O4/c1-4-6-8-10-12-14-16-18-20-22-24-26-28-39-48-42(46)33-37-45(36-32-41-31-30-35-44(41)3)38-34-43(47)49-40-29-27-25-23-21-19-17-15-13-11-9-7-5-2/h41H,4-40H2,1-3H3. The third-order valence-corrected chi connectivity index (χ3v) is 10.7. The van der Waals surface area contributed by atoms with Gasteiger partial charge in [-0.3, -0.25) is 9.59 Å². The summed E-state index contributed by atoms with van der Waals surface area (Å²) in [6, 6.07) is 0.604. The molecule has 1 unspecified atom stereocenters. The fourth-order valence-electron chi connectivity index (χ4n) is 7.27. The Morgan fingerprint density at radius 1 is 0.531 bits per heavy atom. The van der Waals surface area contributed by atoms with E-state index in [1.807, 2.05) is 0 Å². The Labute approximate surface area is 305 Å². The number of hydrogen-bond donors (Lipinski definition) is 0. The van der Waals surface area contributed by atoms with Crippen molar-refractivity contribution in [3.05, 3.63) is 0 Å². The van der Waals surface area contributed by atoms with Crippen LogP contribution in [0.3, 0.4) is 0 Å². The lowest BCUT2D eigenvalue weighted by Crippen LogP contribution is -2.34. The number of unbranched alkanes of at least 4 members (excludes halogenated alkanes) is 24. The molecule has 0 aromatic carbocycles. The summed E-state index contributed by atoms with van der Waals surface area (Å²) < 4.78 is 11.2. The first-order valence-electron chi connectivity index (χ1n) is 21.8. The summed E-state index contributed by atoms with van der Waals surface area (Å²) in [5.74, 6) is -0.209. The molecule has 0 aromatic heterocycles. The van der Waals surface area contributed by atoms with E-state index in [1.165, 1.54) is 161 Å². The second-order valence-corrected chi connectivity index (χ2v) is 15.3. The number of nitrogens with zero attached hydrogens (tertiary/aromatic N) is 2. The molecule has 0 amide bonds. The summed E-state index contributed by atoms with van der Waals surface area (Å²) >= 11 is 0. The smallest absolute Gasteiger partial charge is 0.307 e. The molecule has 1 fully saturated rings. The van der Waals surface area contributed by atoms with Crippen molar-refractivity contribution >= 4 is 11.9 Å². The maximum absolute atomic E-state index is 12.5. The predicted octanol–water partition coefficient (Wildman–Crippen LogP) is 11.8. The van der Waals surface area contributed by atoms with Crippen LogP contribution in [0.4, 0.5) is 0 Å². The number of carbonyl (C=O) groups excluding carboxylic acids is 2. The molecule has 0 N–H and O–H groups in total. The van der Waals surface area contributed by atoms with Crippen molar-refractivity contribution in [1.82, 2.24) is 9.80 Å². The van der Waals surface area contributed by atoms with E-state index >= 15 is 0 Å². The van der Waals surface area contributed by atoms with Crippen LogP contribution >= 0.6 is 0 Å². The average molecular weight is 693 g/mol. The first-order valence-corrected chi connectivity index (χ1v) is 21.8. The van der Waals surface area contributed by atoms with E-state index < -0.39 is 0 Å². The third kappa shape index (κ3) is 30.2. The highest BCUT2D eigenvalue weighted by Crippen LogP contribution is 2.19. The van der Waals surface area contributed by atoms with E-state index in [9.17, 15) is 9.59 Å². The molecule has 0 saturated carbocycles. The van der Waals surface area contributed by atoms with Gasteiger partial charge in [0.1, 0.15) is 0 Å². The fourth-order valence-corrected chi connectivity index (χ4v) is 7.27. The summed E-state index contributed by atoms with van der Waals surface area (Å²) in [5, 5.41) is 0. The van der Waals surface area contributed by atoms with Gasteiger partial charge in [0.15, 0.2) is 0 Å². The van der Waals surface area contributed by atoms with Crippen LogP contribution in [0.5, 0.6) is 0 Å². The van der Waals surface area contributed by atoms with Gasteiger partial charge < -0.3 is 19.3 Å². The minimum absolute atomic E-state index is 0.105. The second-order valence-electron chi connectivity index (χ2n) is 15.3. The lowest BCUT2D eigenvalue weighted by Gasteiger charge is -2.26. The molecule has 49 heavy (non-hydrogen) atoms. The highest BCUT2D eigenvalue weighted by Gasteiger charge is 2.22. The van der Waals surface area contributed by atoms with Gasteiger partial charge in [-0.15, -0.1) is 0 Å². The second kappa shape index (κ2) is 35.3. The van der Waals surface area contributed by atoms with Gasteiger partial charge in [-0.1, -0.05) is 168 Å². The van der Waals surface area contributed by atoms with Crippen LogP contribution in [0.2, 0.25) is 0 Å². The molecule has 6 heteroatoms. The molecular weight excluding hydrogens is 608 g/mol. The molecule has 1 rings (SSSR count). The molecule has 0 aromatic rings. The molecular formula is C43H84N2O4. The lowest BCUT2D eigenvalue weighted by atomic mass is 10.0. The van der Waals surface area contributed by atoms with Crippen molar-refractivity contribution in [2.24, 2.45) is 0 Å². The number of esters is 2. The van der Waals surface area contributed by atoms with Crippen molar-refractivity contribution in [3.63, 3.8) is 0 Å². The van der Waals surface area contributed by atoms with Crippen LogP contribution < -0.4 is 0 Å². The van der Waals surface area contributed by atoms with Gasteiger partial charge in [-0.2, -0.15) is 0 Å². The van der Waals surface area contributed by atoms with E-state index in [2.05, 4.69) is 30.7 Å². The molecule has 1 aliphatic rings. The zero-order valence-electron chi connectivity index (χ0n) is 33.3. The SMILES string of the molecule is CCCCCCCCCCCCCCCOC(=O)CCN(CCC(=O)OCCCCCCCCCCCCCCC)CCC1CCCN1C. The van der Waals surface area contributed by atoms with Crippen LogP contribution in [-0.2, 0) is 19.1 Å². The Kier molecular flexibility index (Phi) is 33.0. The van der Waals surface area contributed by atoms with Crippen LogP contribution in [0.25, 0.3) is 0 Å². The normalized spacial score (nSPS) is 15.0. The predicted molar refractivity (Wildman–Crippen MR) is 209 cm³/mol. The van der Waals surface area contributed by atoms with Gasteiger partial charge in [0.25, 0.3) is 0 Å². The Morgan fingerprint density at radius 2 is 0.878 bits per heavy atom. The first-order chi connectivity index (χ1) is 24.1. The lowest BCUT2D eigenvalue weighted by molar-refractivity contribution is -0.144. The van der Waals surface area contributed by atoms with Crippen molar-refractivity contribution in [3.8, 4) is 0 Å². The Morgan fingerprint density at radius 3 is 1.20 bits per heavy atom. The van der Waals surface area contributed by atoms with Crippen LogP contribution in [0.15, 0.2) is 0 Å². The summed E-state index contributed by atoms with van der Waals surface area (Å²) in [6.45, 7) is 9.01. The van der Waals surface area contributed by atoms with Crippen molar-refractivity contribution in [2.75, 3.05) is 46.4 Å². The van der Waals surface area contributed by atoms with Crippen molar-refractivity contribution in [1.29, 1.82) is 0 Å². The topological polar surface area (TPSA) is 59.1 Å². The zero-order valence-corrected chi connectivity index (χ0v) is 33.3. The fraction of sp³-hybridized carbons (Fsp3) is 0.953. The monoisotopic (exact) mass is 693 g/mol. The summed E-state index contributed by atoms with van der Waals surface area (Å²) in [7, 11) is 2.21. The number of likely N-dealkylation sites (tertiary alicyclic amines) is 1. The minimum atomic E-state index is -0.105. The summed E-state index contributed by atoms with van der Waals surface area (Å²) in [6.07, 6.45) is 38.6. The summed E-state index contributed by atoms with van der Waals surface area (Å²) in [4.78, 5) is 29.8. The molecule has 290 valence electrons. The first kappa shape index (κ1) is 45.9. The van der Waals surface area contributed by atoms with E-state index in [4.69, 9.17) is 9.47 Å². The maximum atomic E-state index is 12.5. The average Bonchev–Trinajstić information content (AvgIpc) is 3.52. The van der Waals surface area contributed by atoms with Gasteiger partial charge in [-0.25, -0.2) is 0 Å². The number of hydrogen-bond acceptors (Lipinski definition) is 6. The molecule has 1 saturated heterocycles. The Bertz CT molecular complexity index is 685. The molecule has 0 bridgehead atoms. The summed E-state index contributed by atoms with van der Waals surface area (Å²) in [5.41, 5.74) is 0. The third-order valence-electron chi connectivity index (χ3n) is 10.7. The van der Waals surface area contributed by atoms with Crippen LogP contribution in [0.1, 0.15) is 213 Å². The van der Waals surface area contributed by atoms with Gasteiger partial charge >= 0.3 is 11.9 Å². The van der Waals surface area contributed by atoms with E-state index in [0.29, 0.717) is 45.2 Å². The molecule has 1 atom stereocenters. The molecule has 1 heterocycles. The van der Waals surface area contributed by atoms with Gasteiger partial charge in [0.05, 0.1) is 26.1 Å². The van der Waals surface area contributed by atoms with Gasteiger partial charge in [0.2, 0.25) is 0 Å². The van der Waals surface area contributed by atoms with E-state index in [1.54, 1.807) is 0 Å². The quantitative estimate of drug-likeness (QED) is 0.0477. The molecule has 6 nitrogen and oxygen atoms in total. The molecule has 1 aliphatic heterocycles. The van der Waals surface area contributed by atoms with Crippen molar-refractivity contribution < 1.29 is 19.1 Å². The van der Waals surface area contributed by atoms with Gasteiger partial charge in [0, 0.05) is 19.1 Å². The maximum Gasteiger partial charge on any atom is 0.307 e. The van der Waals surface area contributed by atoms with Crippen LogP contribution in [0, 0.1) is 0 Å². The molecule has 0 spiro atoms. The van der Waals surface area contributed by atoms with Crippen LogP contribution in [-0.4, -0.2) is 74.2 Å². The van der Waals surface area contributed by atoms with Crippen molar-refractivity contribution in [2.45, 2.75) is 219 Å². The Balaban J connectivity index is 2.11. The number of ether oxygens (including phenoxy) is 2. The molecule has 0 aliphatic carbocycles. The minimum Gasteiger partial charge on any atom is -0.466 e. The van der Waals surface area contributed by atoms with E-state index in [-0.39, 0.29) is 11.9 Å². The highest BCUT2D eigenvalue weighted by molar-refractivity contribution is 5.70. The van der Waals surface area contributed by atoms with Gasteiger partial charge in [-0.05, 0) is 52.2 Å². The highest BCUT2D eigenvalue weighted by atomic mass is 16.5. The number of carbonyl (C=O) groups is 2. The largest absolute Gasteiger partial charge is 0.466 e. The number of rotatable bonds is 37. The van der Waals surface area contributed by atoms with E-state index in [0.717, 1.165) is 38.6 Å².